The fraction of sp³-hybridized carbons (Fsp3) is 0.923. The summed E-state index contributed by atoms with van der Waals surface area (Å²) in [5, 5.41) is 2.95. The zero-order valence-corrected chi connectivity index (χ0v) is 11.0. The highest BCUT2D eigenvalue weighted by atomic mass is 16.1. The van der Waals surface area contributed by atoms with E-state index in [1.54, 1.807) is 0 Å². The van der Waals surface area contributed by atoms with Gasteiger partial charge in [-0.15, -0.1) is 0 Å². The number of hydrogen-bond acceptors (Lipinski definition) is 1. The summed E-state index contributed by atoms with van der Waals surface area (Å²) in [4.78, 5) is 11.6. The van der Waals surface area contributed by atoms with Crippen LogP contribution < -0.4 is 5.32 Å². The fourth-order valence-corrected chi connectivity index (χ4v) is 1.56. The van der Waals surface area contributed by atoms with E-state index in [1.807, 2.05) is 20.8 Å². The van der Waals surface area contributed by atoms with Crippen molar-refractivity contribution in [2.45, 2.75) is 66.3 Å². The molecule has 0 bridgehead atoms. The molecule has 0 fully saturated rings. The fourth-order valence-electron chi connectivity index (χ4n) is 1.56. The van der Waals surface area contributed by atoms with Gasteiger partial charge in [-0.2, -0.15) is 0 Å². The molecule has 2 nitrogen and oxygen atoms in total. The van der Waals surface area contributed by atoms with Crippen LogP contribution >= 0.6 is 0 Å². The number of rotatable bonds is 7. The molecule has 1 atom stereocenters. The van der Waals surface area contributed by atoms with Crippen LogP contribution in [0, 0.1) is 11.8 Å². The predicted molar refractivity (Wildman–Crippen MR) is 65.7 cm³/mol. The number of unbranched alkanes of at least 4 members (excludes halogenated alkanes) is 1. The van der Waals surface area contributed by atoms with Gasteiger partial charge in [-0.05, 0) is 26.2 Å². The Labute approximate surface area is 94.8 Å². The van der Waals surface area contributed by atoms with Crippen LogP contribution in [0.2, 0.25) is 0 Å². The van der Waals surface area contributed by atoms with Crippen molar-refractivity contribution in [2.24, 2.45) is 11.8 Å². The summed E-state index contributed by atoms with van der Waals surface area (Å²) in [5.41, 5.74) is 0. The molecule has 0 aromatic heterocycles. The zero-order chi connectivity index (χ0) is 11.8. The summed E-state index contributed by atoms with van der Waals surface area (Å²) >= 11 is 0. The van der Waals surface area contributed by atoms with E-state index >= 15 is 0 Å². The quantitative estimate of drug-likeness (QED) is 0.645. The molecule has 15 heavy (non-hydrogen) atoms. The second-order valence-electron chi connectivity index (χ2n) is 5.24. The molecular weight excluding hydrogens is 186 g/mol. The Bertz CT molecular complexity index is 175. The van der Waals surface area contributed by atoms with Crippen LogP contribution in [0.1, 0.15) is 60.3 Å². The molecule has 0 aliphatic heterocycles. The third kappa shape index (κ3) is 8.46. The van der Waals surface area contributed by atoms with E-state index in [9.17, 15) is 4.79 Å². The van der Waals surface area contributed by atoms with Crippen LogP contribution in [0.4, 0.5) is 0 Å². The molecule has 2 heteroatoms. The lowest BCUT2D eigenvalue weighted by Gasteiger charge is -2.14. The maximum Gasteiger partial charge on any atom is 0.223 e. The highest BCUT2D eigenvalue weighted by Gasteiger charge is 2.12. The van der Waals surface area contributed by atoms with Crippen molar-refractivity contribution in [3.05, 3.63) is 0 Å². The smallest absolute Gasteiger partial charge is 0.223 e. The van der Waals surface area contributed by atoms with E-state index in [0.29, 0.717) is 0 Å². The summed E-state index contributed by atoms with van der Waals surface area (Å²) in [5.74, 6) is 1.15. The van der Waals surface area contributed by atoms with Crippen molar-refractivity contribution in [2.75, 3.05) is 0 Å². The highest BCUT2D eigenvalue weighted by molar-refractivity contribution is 5.78. The van der Waals surface area contributed by atoms with Crippen LogP contribution in [0.25, 0.3) is 0 Å². The summed E-state index contributed by atoms with van der Waals surface area (Å²) in [6, 6.07) is 0.260. The molecule has 0 aliphatic carbocycles. The van der Waals surface area contributed by atoms with Crippen LogP contribution in [0.15, 0.2) is 0 Å². The molecule has 0 aromatic rings. The zero-order valence-electron chi connectivity index (χ0n) is 11.0. The molecule has 0 radical (unpaired) electrons. The molecule has 90 valence electrons. The van der Waals surface area contributed by atoms with Gasteiger partial charge in [0, 0.05) is 12.0 Å². The first kappa shape index (κ1) is 14.5. The lowest BCUT2D eigenvalue weighted by Crippen LogP contribution is -2.34. The maximum atomic E-state index is 11.6. The largest absolute Gasteiger partial charge is 0.354 e. The van der Waals surface area contributed by atoms with Crippen LogP contribution in [0.5, 0.6) is 0 Å². The van der Waals surface area contributed by atoms with Gasteiger partial charge in [0.25, 0.3) is 0 Å². The van der Waals surface area contributed by atoms with Crippen LogP contribution in [0.3, 0.4) is 0 Å². The molecule has 0 saturated carbocycles. The second-order valence-corrected chi connectivity index (χ2v) is 5.24. The number of amides is 1. The Morgan fingerprint density at radius 2 is 1.53 bits per heavy atom. The number of hydrogen-bond donors (Lipinski definition) is 1. The van der Waals surface area contributed by atoms with Crippen molar-refractivity contribution >= 4 is 5.91 Å². The molecule has 0 aromatic carbocycles. The minimum atomic E-state index is 0.166. The van der Waals surface area contributed by atoms with Gasteiger partial charge in [0.05, 0.1) is 0 Å². The van der Waals surface area contributed by atoms with Gasteiger partial charge in [-0.3, -0.25) is 4.79 Å². The van der Waals surface area contributed by atoms with Gasteiger partial charge in [-0.1, -0.05) is 40.0 Å². The Kier molecular flexibility index (Phi) is 7.45. The summed E-state index contributed by atoms with van der Waals surface area (Å²) in [7, 11) is 0. The Balaban J connectivity index is 3.55. The molecule has 0 saturated heterocycles. The average Bonchev–Trinajstić information content (AvgIpc) is 2.10. The third-order valence-corrected chi connectivity index (χ3v) is 2.55. The molecule has 1 N–H and O–H groups in total. The Morgan fingerprint density at radius 3 is 2.00 bits per heavy atom. The van der Waals surface area contributed by atoms with Crippen molar-refractivity contribution in [3.8, 4) is 0 Å². The lowest BCUT2D eigenvalue weighted by atomic mass is 9.99. The van der Waals surface area contributed by atoms with Gasteiger partial charge < -0.3 is 5.32 Å². The minimum absolute atomic E-state index is 0.166. The minimum Gasteiger partial charge on any atom is -0.354 e. The SMILES string of the molecule is CC(C)CCCCC(C)C(=O)NC(C)C. The number of carbonyl (C=O) groups excluding carboxylic acids is 1. The van der Waals surface area contributed by atoms with Crippen LogP contribution in [-0.2, 0) is 4.79 Å². The van der Waals surface area contributed by atoms with E-state index in [4.69, 9.17) is 0 Å². The standard InChI is InChI=1S/C13H27NO/c1-10(2)8-6-7-9-12(5)13(15)14-11(3)4/h10-12H,6-9H2,1-5H3,(H,14,15). The van der Waals surface area contributed by atoms with E-state index in [2.05, 4.69) is 19.2 Å². The lowest BCUT2D eigenvalue weighted by molar-refractivity contribution is -0.125. The normalized spacial score (nSPS) is 13.3. The molecule has 0 aliphatic rings. The van der Waals surface area contributed by atoms with E-state index in [0.717, 1.165) is 12.3 Å². The van der Waals surface area contributed by atoms with E-state index in [1.165, 1.54) is 19.3 Å². The average molecular weight is 213 g/mol. The molecule has 0 rings (SSSR count). The number of carbonyl (C=O) groups is 1. The van der Waals surface area contributed by atoms with Gasteiger partial charge in [0.15, 0.2) is 0 Å². The summed E-state index contributed by atoms with van der Waals surface area (Å²) < 4.78 is 0. The molecule has 0 spiro atoms. The van der Waals surface area contributed by atoms with Crippen molar-refractivity contribution in [1.29, 1.82) is 0 Å². The van der Waals surface area contributed by atoms with Crippen molar-refractivity contribution < 1.29 is 4.79 Å². The Hall–Kier alpha value is -0.530. The Morgan fingerprint density at radius 1 is 1.00 bits per heavy atom. The van der Waals surface area contributed by atoms with Crippen molar-refractivity contribution in [3.63, 3.8) is 0 Å². The topological polar surface area (TPSA) is 29.1 Å². The first-order valence-electron chi connectivity index (χ1n) is 6.23. The molecule has 1 amide bonds. The molecular formula is C13H27NO. The summed E-state index contributed by atoms with van der Waals surface area (Å²) in [6.45, 7) is 10.5. The maximum absolute atomic E-state index is 11.6. The third-order valence-electron chi connectivity index (χ3n) is 2.55. The van der Waals surface area contributed by atoms with Gasteiger partial charge in [-0.25, -0.2) is 0 Å². The molecule has 0 heterocycles. The van der Waals surface area contributed by atoms with Crippen LogP contribution in [-0.4, -0.2) is 11.9 Å². The highest BCUT2D eigenvalue weighted by Crippen LogP contribution is 2.13. The van der Waals surface area contributed by atoms with Gasteiger partial charge in [0.1, 0.15) is 0 Å². The predicted octanol–water partition coefficient (Wildman–Crippen LogP) is 3.36. The first-order valence-corrected chi connectivity index (χ1v) is 6.23. The monoisotopic (exact) mass is 213 g/mol. The van der Waals surface area contributed by atoms with Gasteiger partial charge >= 0.3 is 0 Å². The second kappa shape index (κ2) is 7.72. The van der Waals surface area contributed by atoms with E-state index < -0.39 is 0 Å². The van der Waals surface area contributed by atoms with Gasteiger partial charge in [0.2, 0.25) is 5.91 Å². The van der Waals surface area contributed by atoms with E-state index in [-0.39, 0.29) is 17.9 Å². The molecule has 1 unspecified atom stereocenters. The number of nitrogens with one attached hydrogen (secondary N) is 1. The summed E-state index contributed by atoms with van der Waals surface area (Å²) in [6.07, 6.45) is 4.71. The first-order chi connectivity index (χ1) is 6.93. The van der Waals surface area contributed by atoms with Crippen molar-refractivity contribution in [1.82, 2.24) is 5.32 Å².